The summed E-state index contributed by atoms with van der Waals surface area (Å²) in [5, 5.41) is 8.96. The Balaban J connectivity index is 2.15. The molecule has 1 fully saturated rings. The van der Waals surface area contributed by atoms with E-state index in [2.05, 4.69) is 0 Å². The number of benzene rings is 1. The topological polar surface area (TPSA) is 20.2 Å². The van der Waals surface area contributed by atoms with Crippen molar-refractivity contribution in [1.29, 1.82) is 0 Å². The monoisotopic (exact) mass is 212 g/mol. The van der Waals surface area contributed by atoms with Crippen LogP contribution in [0, 0.1) is 5.92 Å². The van der Waals surface area contributed by atoms with Gasteiger partial charge in [0.25, 0.3) is 0 Å². The van der Waals surface area contributed by atoms with Crippen molar-refractivity contribution in [3.8, 4) is 0 Å². The van der Waals surface area contributed by atoms with E-state index in [0.717, 1.165) is 17.5 Å². The molecule has 2 unspecified atom stereocenters. The van der Waals surface area contributed by atoms with Crippen molar-refractivity contribution in [3.05, 3.63) is 35.4 Å². The Morgan fingerprint density at radius 2 is 2.13 bits per heavy atom. The van der Waals surface area contributed by atoms with Crippen LogP contribution in [0.1, 0.15) is 29.9 Å². The van der Waals surface area contributed by atoms with Gasteiger partial charge in [0.2, 0.25) is 6.43 Å². The smallest absolute Gasteiger partial charge is 0.242 e. The largest absolute Gasteiger partial charge is 0.392 e. The van der Waals surface area contributed by atoms with Crippen LogP contribution >= 0.6 is 0 Å². The maximum Gasteiger partial charge on any atom is 0.242 e. The lowest BCUT2D eigenvalue weighted by Crippen LogP contribution is -2.29. The first-order valence-electron chi connectivity index (χ1n) is 5.20. The van der Waals surface area contributed by atoms with Gasteiger partial charge in [-0.05, 0) is 29.9 Å². The highest BCUT2D eigenvalue weighted by Crippen LogP contribution is 2.45. The van der Waals surface area contributed by atoms with Gasteiger partial charge < -0.3 is 5.11 Å². The molecule has 0 heterocycles. The third-order valence-corrected chi connectivity index (χ3v) is 3.21. The zero-order chi connectivity index (χ0) is 10.8. The number of alkyl halides is 2. The van der Waals surface area contributed by atoms with Crippen LogP contribution in [-0.4, -0.2) is 11.5 Å². The second-order valence-corrected chi connectivity index (χ2v) is 4.09. The first-order valence-corrected chi connectivity index (χ1v) is 5.20. The van der Waals surface area contributed by atoms with Gasteiger partial charge in [-0.2, -0.15) is 0 Å². The SMILES string of the molecule is OCc1cccc(C2CCC2C(F)F)c1. The van der Waals surface area contributed by atoms with Gasteiger partial charge in [-0.3, -0.25) is 0 Å². The molecule has 1 aromatic rings. The molecule has 0 amide bonds. The Labute approximate surface area is 87.7 Å². The minimum Gasteiger partial charge on any atom is -0.392 e. The number of rotatable bonds is 3. The maximum absolute atomic E-state index is 12.5. The fraction of sp³-hybridized carbons (Fsp3) is 0.500. The molecule has 0 bridgehead atoms. The molecule has 0 aromatic heterocycles. The predicted molar refractivity (Wildman–Crippen MR) is 53.8 cm³/mol. The van der Waals surface area contributed by atoms with Crippen LogP contribution in [0.4, 0.5) is 8.78 Å². The van der Waals surface area contributed by atoms with Crippen molar-refractivity contribution in [2.45, 2.75) is 31.8 Å². The second kappa shape index (κ2) is 4.27. The fourth-order valence-electron chi connectivity index (χ4n) is 2.16. The Hall–Kier alpha value is -0.960. The van der Waals surface area contributed by atoms with Gasteiger partial charge in [-0.25, -0.2) is 8.78 Å². The molecular weight excluding hydrogens is 198 g/mol. The van der Waals surface area contributed by atoms with E-state index in [1.165, 1.54) is 0 Å². The highest BCUT2D eigenvalue weighted by atomic mass is 19.3. The Bertz CT molecular complexity index is 338. The molecule has 0 spiro atoms. The van der Waals surface area contributed by atoms with E-state index in [-0.39, 0.29) is 12.5 Å². The molecule has 2 rings (SSSR count). The quantitative estimate of drug-likeness (QED) is 0.816. The molecule has 2 atom stereocenters. The van der Waals surface area contributed by atoms with Gasteiger partial charge in [-0.1, -0.05) is 24.3 Å². The molecule has 1 aliphatic carbocycles. The number of aliphatic hydroxyl groups is 1. The van der Waals surface area contributed by atoms with E-state index in [1.807, 2.05) is 18.2 Å². The van der Waals surface area contributed by atoms with Crippen molar-refractivity contribution in [2.24, 2.45) is 5.92 Å². The molecule has 1 saturated carbocycles. The van der Waals surface area contributed by atoms with E-state index in [9.17, 15) is 8.78 Å². The summed E-state index contributed by atoms with van der Waals surface area (Å²) in [7, 11) is 0. The van der Waals surface area contributed by atoms with Crippen LogP contribution in [-0.2, 0) is 6.61 Å². The number of hydrogen-bond acceptors (Lipinski definition) is 1. The lowest BCUT2D eigenvalue weighted by atomic mass is 9.70. The van der Waals surface area contributed by atoms with Crippen LogP contribution < -0.4 is 0 Å². The van der Waals surface area contributed by atoms with Gasteiger partial charge in [-0.15, -0.1) is 0 Å². The van der Waals surface area contributed by atoms with Gasteiger partial charge >= 0.3 is 0 Å². The van der Waals surface area contributed by atoms with Crippen molar-refractivity contribution in [2.75, 3.05) is 0 Å². The minimum atomic E-state index is -2.22. The summed E-state index contributed by atoms with van der Waals surface area (Å²) in [6.45, 7) is -0.0279. The number of hydrogen-bond donors (Lipinski definition) is 1. The fourth-order valence-corrected chi connectivity index (χ4v) is 2.16. The molecule has 1 N–H and O–H groups in total. The molecule has 1 aromatic carbocycles. The lowest BCUT2D eigenvalue weighted by Gasteiger charge is -2.36. The van der Waals surface area contributed by atoms with Crippen molar-refractivity contribution in [1.82, 2.24) is 0 Å². The van der Waals surface area contributed by atoms with E-state index >= 15 is 0 Å². The molecule has 0 aliphatic heterocycles. The third-order valence-electron chi connectivity index (χ3n) is 3.21. The van der Waals surface area contributed by atoms with Crippen molar-refractivity contribution in [3.63, 3.8) is 0 Å². The summed E-state index contributed by atoms with van der Waals surface area (Å²) in [6, 6.07) is 7.33. The van der Waals surface area contributed by atoms with Crippen molar-refractivity contribution >= 4 is 0 Å². The van der Waals surface area contributed by atoms with Gasteiger partial charge in [0, 0.05) is 5.92 Å². The lowest BCUT2D eigenvalue weighted by molar-refractivity contribution is 0.0167. The number of halogens is 2. The summed E-state index contributed by atoms with van der Waals surface area (Å²) in [5.41, 5.74) is 1.74. The van der Waals surface area contributed by atoms with E-state index in [0.29, 0.717) is 6.42 Å². The van der Waals surface area contributed by atoms with E-state index < -0.39 is 12.3 Å². The normalized spacial score (nSPS) is 25.3. The van der Waals surface area contributed by atoms with Crippen LogP contribution in [0.15, 0.2) is 24.3 Å². The summed E-state index contributed by atoms with van der Waals surface area (Å²) < 4.78 is 25.1. The average molecular weight is 212 g/mol. The Morgan fingerprint density at radius 1 is 1.33 bits per heavy atom. The average Bonchev–Trinajstić information content (AvgIpc) is 2.15. The van der Waals surface area contributed by atoms with Crippen LogP contribution in [0.3, 0.4) is 0 Å². The van der Waals surface area contributed by atoms with E-state index in [1.54, 1.807) is 6.07 Å². The van der Waals surface area contributed by atoms with Gasteiger partial charge in [0.1, 0.15) is 0 Å². The van der Waals surface area contributed by atoms with Gasteiger partial charge in [0.15, 0.2) is 0 Å². The standard InChI is InChI=1S/C12H14F2O/c13-12(14)11-5-4-10(11)9-3-1-2-8(6-9)7-15/h1-3,6,10-12,15H,4-5,7H2. The second-order valence-electron chi connectivity index (χ2n) is 4.09. The summed E-state index contributed by atoms with van der Waals surface area (Å²) in [5.74, 6) is -0.504. The molecule has 82 valence electrons. The maximum atomic E-state index is 12.5. The zero-order valence-corrected chi connectivity index (χ0v) is 8.37. The van der Waals surface area contributed by atoms with Gasteiger partial charge in [0.05, 0.1) is 6.61 Å². The van der Waals surface area contributed by atoms with Crippen LogP contribution in [0.2, 0.25) is 0 Å². The first kappa shape index (κ1) is 10.6. The zero-order valence-electron chi connectivity index (χ0n) is 8.37. The highest BCUT2D eigenvalue weighted by Gasteiger charge is 2.38. The molecule has 1 nitrogen and oxygen atoms in total. The summed E-state index contributed by atoms with van der Waals surface area (Å²) in [4.78, 5) is 0. The summed E-state index contributed by atoms with van der Waals surface area (Å²) in [6.07, 6.45) is -0.767. The molecular formula is C12H14F2O. The highest BCUT2D eigenvalue weighted by molar-refractivity contribution is 5.28. The molecule has 0 saturated heterocycles. The molecule has 0 radical (unpaired) electrons. The molecule has 15 heavy (non-hydrogen) atoms. The third kappa shape index (κ3) is 2.02. The Morgan fingerprint density at radius 3 is 2.67 bits per heavy atom. The number of aliphatic hydroxyl groups excluding tert-OH is 1. The summed E-state index contributed by atoms with van der Waals surface area (Å²) >= 11 is 0. The van der Waals surface area contributed by atoms with Crippen LogP contribution in [0.5, 0.6) is 0 Å². The van der Waals surface area contributed by atoms with Crippen molar-refractivity contribution < 1.29 is 13.9 Å². The van der Waals surface area contributed by atoms with Crippen LogP contribution in [0.25, 0.3) is 0 Å². The predicted octanol–water partition coefficient (Wildman–Crippen LogP) is 2.94. The van der Waals surface area contributed by atoms with E-state index in [4.69, 9.17) is 5.11 Å². The molecule has 1 aliphatic rings. The Kier molecular flexibility index (Phi) is 3.00. The first-order chi connectivity index (χ1) is 7.22. The molecule has 3 heteroatoms. The minimum absolute atomic E-state index is 0.0171.